The van der Waals surface area contributed by atoms with Crippen LogP contribution in [0.3, 0.4) is 0 Å². The molecule has 100 valence electrons. The minimum absolute atomic E-state index is 0.0742. The maximum absolute atomic E-state index is 13.0. The number of amides is 1. The Hall–Kier alpha value is -0.880. The molecule has 1 aromatic rings. The Balaban J connectivity index is 2.59. The van der Waals surface area contributed by atoms with Gasteiger partial charge in [0.15, 0.2) is 0 Å². The summed E-state index contributed by atoms with van der Waals surface area (Å²) in [6.45, 7) is 1.84. The van der Waals surface area contributed by atoms with Crippen LogP contribution in [-0.2, 0) is 10.8 Å². The molecule has 0 spiro atoms. The van der Waals surface area contributed by atoms with Crippen LogP contribution in [0.5, 0.6) is 0 Å². The van der Waals surface area contributed by atoms with Gasteiger partial charge in [0, 0.05) is 39.3 Å². The van der Waals surface area contributed by atoms with E-state index < -0.39 is 16.6 Å². The number of rotatable bonds is 5. The van der Waals surface area contributed by atoms with Gasteiger partial charge in [-0.2, -0.15) is 0 Å². The van der Waals surface area contributed by atoms with Crippen molar-refractivity contribution in [1.29, 1.82) is 0 Å². The van der Waals surface area contributed by atoms with Crippen molar-refractivity contribution in [3.05, 3.63) is 29.6 Å². The number of thiol groups is 1. The second kappa shape index (κ2) is 6.89. The first-order valence-electron chi connectivity index (χ1n) is 5.49. The van der Waals surface area contributed by atoms with E-state index in [1.807, 2.05) is 6.92 Å². The van der Waals surface area contributed by atoms with Crippen LogP contribution in [0.1, 0.15) is 23.7 Å². The Morgan fingerprint density at radius 2 is 2.22 bits per heavy atom. The lowest BCUT2D eigenvalue weighted by molar-refractivity contribution is 0.0939. The highest BCUT2D eigenvalue weighted by Gasteiger charge is 2.11. The molecule has 0 saturated carbocycles. The zero-order valence-electron chi connectivity index (χ0n) is 10.3. The van der Waals surface area contributed by atoms with Crippen molar-refractivity contribution in [2.24, 2.45) is 0 Å². The molecule has 0 bridgehead atoms. The molecular weight excluding hydrogens is 273 g/mol. The van der Waals surface area contributed by atoms with E-state index in [4.69, 9.17) is 0 Å². The molecule has 6 heteroatoms. The number of carbonyl (C=O) groups excluding carboxylic acids is 1. The predicted octanol–water partition coefficient (Wildman–Crippen LogP) is 2.00. The summed E-state index contributed by atoms with van der Waals surface area (Å²) in [5, 5.41) is 2.77. The summed E-state index contributed by atoms with van der Waals surface area (Å²) < 4.78 is 23.9. The average molecular weight is 289 g/mol. The van der Waals surface area contributed by atoms with Gasteiger partial charge in [-0.15, -0.1) is 12.6 Å². The summed E-state index contributed by atoms with van der Waals surface area (Å²) in [6, 6.07) is 3.94. The summed E-state index contributed by atoms with van der Waals surface area (Å²) in [5.41, 5.74) is 0.367. The Labute approximate surface area is 114 Å². The second-order valence-corrected chi connectivity index (χ2v) is 6.14. The van der Waals surface area contributed by atoms with Crippen molar-refractivity contribution in [2.75, 3.05) is 12.0 Å². The third-order valence-electron chi connectivity index (χ3n) is 2.42. The van der Waals surface area contributed by atoms with E-state index in [9.17, 15) is 13.4 Å². The van der Waals surface area contributed by atoms with Gasteiger partial charge in [-0.25, -0.2) is 4.39 Å². The first-order valence-corrected chi connectivity index (χ1v) is 7.67. The van der Waals surface area contributed by atoms with Crippen LogP contribution in [0.15, 0.2) is 23.1 Å². The van der Waals surface area contributed by atoms with Crippen LogP contribution in [0, 0.1) is 5.82 Å². The molecule has 1 amide bonds. The van der Waals surface area contributed by atoms with Gasteiger partial charge in [0.05, 0.1) is 0 Å². The Kier molecular flexibility index (Phi) is 5.81. The maximum atomic E-state index is 13.0. The molecule has 0 aliphatic carbocycles. The van der Waals surface area contributed by atoms with Crippen molar-refractivity contribution in [1.82, 2.24) is 5.32 Å². The van der Waals surface area contributed by atoms with Gasteiger partial charge in [-0.3, -0.25) is 9.00 Å². The lowest BCUT2D eigenvalue weighted by Gasteiger charge is -2.13. The van der Waals surface area contributed by atoms with Crippen LogP contribution in [0.25, 0.3) is 0 Å². The molecule has 1 aromatic carbocycles. The van der Waals surface area contributed by atoms with E-state index in [0.29, 0.717) is 17.7 Å². The van der Waals surface area contributed by atoms with Gasteiger partial charge in [0.25, 0.3) is 5.91 Å². The average Bonchev–Trinajstić information content (AvgIpc) is 2.30. The van der Waals surface area contributed by atoms with E-state index in [-0.39, 0.29) is 16.8 Å². The molecule has 0 saturated heterocycles. The summed E-state index contributed by atoms with van der Waals surface area (Å²) >= 11 is 3.93. The maximum Gasteiger partial charge on any atom is 0.251 e. The smallest absolute Gasteiger partial charge is 0.251 e. The van der Waals surface area contributed by atoms with Gasteiger partial charge in [0.2, 0.25) is 0 Å². The molecule has 3 nitrogen and oxygen atoms in total. The molecule has 0 radical (unpaired) electrons. The third-order valence-corrected chi connectivity index (χ3v) is 3.58. The Bertz CT molecular complexity index is 465. The monoisotopic (exact) mass is 289 g/mol. The Morgan fingerprint density at radius 1 is 1.56 bits per heavy atom. The summed E-state index contributed by atoms with van der Waals surface area (Å²) in [6.07, 6.45) is 2.27. The number of nitrogens with one attached hydrogen (secondary N) is 1. The fraction of sp³-hybridized carbons (Fsp3) is 0.417. The van der Waals surface area contributed by atoms with Gasteiger partial charge < -0.3 is 5.32 Å². The molecule has 0 fully saturated rings. The topological polar surface area (TPSA) is 46.2 Å². The quantitative estimate of drug-likeness (QED) is 0.815. The lowest BCUT2D eigenvalue weighted by atomic mass is 10.2. The fourth-order valence-electron chi connectivity index (χ4n) is 1.38. The van der Waals surface area contributed by atoms with Gasteiger partial charge >= 0.3 is 0 Å². The van der Waals surface area contributed by atoms with Crippen LogP contribution in [0.4, 0.5) is 4.39 Å². The molecule has 1 rings (SSSR count). The molecule has 2 atom stereocenters. The number of benzene rings is 1. The largest absolute Gasteiger partial charge is 0.350 e. The molecule has 18 heavy (non-hydrogen) atoms. The van der Waals surface area contributed by atoms with E-state index in [1.54, 1.807) is 6.26 Å². The van der Waals surface area contributed by atoms with Gasteiger partial charge in [-0.05, 0) is 31.5 Å². The Morgan fingerprint density at radius 3 is 2.78 bits per heavy atom. The molecule has 0 aromatic heterocycles. The summed E-state index contributed by atoms with van der Waals surface area (Å²) in [5.74, 6) is -0.188. The summed E-state index contributed by atoms with van der Waals surface area (Å²) in [4.78, 5) is 12.0. The van der Waals surface area contributed by atoms with Crippen molar-refractivity contribution >= 4 is 29.3 Å². The van der Waals surface area contributed by atoms with Crippen molar-refractivity contribution in [2.45, 2.75) is 24.3 Å². The van der Waals surface area contributed by atoms with E-state index >= 15 is 0 Å². The van der Waals surface area contributed by atoms with Crippen LogP contribution >= 0.6 is 12.6 Å². The third kappa shape index (κ3) is 4.78. The first kappa shape index (κ1) is 15.2. The number of carbonyl (C=O) groups is 1. The molecule has 2 unspecified atom stereocenters. The molecule has 0 aliphatic heterocycles. The first-order chi connectivity index (χ1) is 8.40. The predicted molar refractivity (Wildman–Crippen MR) is 74.1 cm³/mol. The lowest BCUT2D eigenvalue weighted by Crippen LogP contribution is -2.33. The number of halogens is 1. The standard InChI is InChI=1S/C12H16FNO2S2/c1-8(5-6-18(2)16)14-12(15)9-3-4-10(13)11(17)7-9/h3-4,7-8,17H,5-6H2,1-2H3,(H,14,15). The van der Waals surface area contributed by atoms with Crippen molar-refractivity contribution in [3.8, 4) is 0 Å². The normalized spacial score (nSPS) is 14.0. The van der Waals surface area contributed by atoms with Gasteiger partial charge in [0.1, 0.15) is 5.82 Å². The molecular formula is C12H16FNO2S2. The fourth-order valence-corrected chi connectivity index (χ4v) is 2.28. The van der Waals surface area contributed by atoms with Gasteiger partial charge in [-0.1, -0.05) is 0 Å². The number of hydrogen-bond donors (Lipinski definition) is 2. The zero-order valence-corrected chi connectivity index (χ0v) is 12.0. The highest BCUT2D eigenvalue weighted by atomic mass is 32.2. The SMILES string of the molecule is CC(CCS(C)=O)NC(=O)c1ccc(F)c(S)c1. The minimum atomic E-state index is -0.865. The van der Waals surface area contributed by atoms with Crippen LogP contribution in [0.2, 0.25) is 0 Å². The molecule has 0 heterocycles. The van der Waals surface area contributed by atoms with Crippen molar-refractivity contribution < 1.29 is 13.4 Å². The highest BCUT2D eigenvalue weighted by Crippen LogP contribution is 2.14. The van der Waals surface area contributed by atoms with Crippen LogP contribution in [-0.4, -0.2) is 28.2 Å². The van der Waals surface area contributed by atoms with Crippen molar-refractivity contribution in [3.63, 3.8) is 0 Å². The molecule has 0 aliphatic rings. The highest BCUT2D eigenvalue weighted by molar-refractivity contribution is 7.84. The zero-order chi connectivity index (χ0) is 13.7. The summed E-state index contributed by atoms with van der Waals surface area (Å²) in [7, 11) is -0.865. The van der Waals surface area contributed by atoms with E-state index in [0.717, 1.165) is 0 Å². The van der Waals surface area contributed by atoms with E-state index in [1.165, 1.54) is 18.2 Å². The van der Waals surface area contributed by atoms with Crippen LogP contribution < -0.4 is 5.32 Å². The molecule has 1 N–H and O–H groups in total. The number of hydrogen-bond acceptors (Lipinski definition) is 3. The minimum Gasteiger partial charge on any atom is -0.350 e. The van der Waals surface area contributed by atoms with E-state index in [2.05, 4.69) is 17.9 Å². The second-order valence-electron chi connectivity index (χ2n) is 4.11.